The number of nitrogens with one attached hydrogen (secondary N) is 1. The number of ether oxygens (including phenoxy) is 1. The number of aryl methyl sites for hydroxylation is 1. The van der Waals surface area contributed by atoms with Crippen LogP contribution in [0.4, 0.5) is 0 Å². The molecule has 2 saturated carbocycles. The summed E-state index contributed by atoms with van der Waals surface area (Å²) in [5.74, 6) is 1.04. The van der Waals surface area contributed by atoms with E-state index in [4.69, 9.17) is 10.5 Å². The lowest BCUT2D eigenvalue weighted by atomic mass is 9.87. The van der Waals surface area contributed by atoms with Gasteiger partial charge in [0.15, 0.2) is 0 Å². The van der Waals surface area contributed by atoms with Crippen LogP contribution in [-0.2, 0) is 0 Å². The Labute approximate surface area is 134 Å². The lowest BCUT2D eigenvalue weighted by molar-refractivity contribution is 0.0995. The first kappa shape index (κ1) is 15.8. The van der Waals surface area contributed by atoms with Crippen molar-refractivity contribution >= 4 is 0 Å². The average Bonchev–Trinajstić information content (AvgIpc) is 2.53. The van der Waals surface area contributed by atoms with Crippen molar-refractivity contribution in [2.45, 2.75) is 82.5 Å². The molecule has 1 aromatic rings. The molecule has 0 saturated heterocycles. The maximum absolute atomic E-state index is 6.37. The second kappa shape index (κ2) is 7.47. The van der Waals surface area contributed by atoms with Crippen LogP contribution in [0.15, 0.2) is 24.3 Å². The van der Waals surface area contributed by atoms with Gasteiger partial charge < -0.3 is 15.8 Å². The fraction of sp³-hybridized carbons (Fsp3) is 0.684. The van der Waals surface area contributed by atoms with E-state index in [0.29, 0.717) is 18.1 Å². The molecule has 1 aromatic carbocycles. The van der Waals surface area contributed by atoms with Crippen molar-refractivity contribution in [1.29, 1.82) is 0 Å². The Hall–Kier alpha value is -1.06. The summed E-state index contributed by atoms with van der Waals surface area (Å²) < 4.78 is 6.37. The van der Waals surface area contributed by atoms with Crippen LogP contribution in [0.1, 0.15) is 56.9 Å². The van der Waals surface area contributed by atoms with Gasteiger partial charge in [-0.25, -0.2) is 0 Å². The second-order valence-corrected chi connectivity index (χ2v) is 7.03. The molecule has 0 aliphatic heterocycles. The van der Waals surface area contributed by atoms with Crippen LogP contribution < -0.4 is 15.8 Å². The molecule has 2 aliphatic carbocycles. The Morgan fingerprint density at radius 1 is 0.955 bits per heavy atom. The van der Waals surface area contributed by atoms with E-state index >= 15 is 0 Å². The Balaban J connectivity index is 1.64. The van der Waals surface area contributed by atoms with Crippen molar-refractivity contribution < 1.29 is 4.74 Å². The van der Waals surface area contributed by atoms with Gasteiger partial charge in [0.1, 0.15) is 11.9 Å². The van der Waals surface area contributed by atoms with Gasteiger partial charge in [0, 0.05) is 18.1 Å². The Morgan fingerprint density at radius 3 is 2.41 bits per heavy atom. The topological polar surface area (TPSA) is 47.3 Å². The highest BCUT2D eigenvalue weighted by molar-refractivity contribution is 5.32. The molecule has 0 unspecified atom stereocenters. The predicted molar refractivity (Wildman–Crippen MR) is 91.2 cm³/mol. The minimum Gasteiger partial charge on any atom is -0.489 e. The number of hydrogen-bond donors (Lipinski definition) is 2. The SMILES string of the molecule is Cc1ccccc1O[C@@H]1CCCC[C@H]1N[C@@H]1CCCC[C@@H]1N. The van der Waals surface area contributed by atoms with Crippen LogP contribution in [-0.4, -0.2) is 24.2 Å². The van der Waals surface area contributed by atoms with Crippen LogP contribution >= 0.6 is 0 Å². The van der Waals surface area contributed by atoms with Gasteiger partial charge in [-0.05, 0) is 50.7 Å². The molecular formula is C19H30N2O. The molecule has 3 rings (SSSR count). The zero-order valence-electron chi connectivity index (χ0n) is 13.8. The average molecular weight is 302 g/mol. The molecule has 3 nitrogen and oxygen atoms in total. The van der Waals surface area contributed by atoms with Crippen LogP contribution in [0.25, 0.3) is 0 Å². The predicted octanol–water partition coefficient (Wildman–Crippen LogP) is 3.54. The van der Waals surface area contributed by atoms with E-state index in [9.17, 15) is 0 Å². The molecule has 4 atom stereocenters. The third-order valence-corrected chi connectivity index (χ3v) is 5.32. The van der Waals surface area contributed by atoms with Crippen molar-refractivity contribution in [1.82, 2.24) is 5.32 Å². The summed E-state index contributed by atoms with van der Waals surface area (Å²) in [6, 6.07) is 9.58. The van der Waals surface area contributed by atoms with Crippen molar-refractivity contribution in [2.24, 2.45) is 5.73 Å². The highest BCUT2D eigenvalue weighted by Gasteiger charge is 2.31. The smallest absolute Gasteiger partial charge is 0.122 e. The van der Waals surface area contributed by atoms with E-state index < -0.39 is 0 Å². The van der Waals surface area contributed by atoms with Crippen molar-refractivity contribution in [3.8, 4) is 5.75 Å². The molecule has 0 aromatic heterocycles. The van der Waals surface area contributed by atoms with E-state index in [-0.39, 0.29) is 6.10 Å². The zero-order chi connectivity index (χ0) is 15.4. The van der Waals surface area contributed by atoms with Gasteiger partial charge in [-0.3, -0.25) is 0 Å². The van der Waals surface area contributed by atoms with Gasteiger partial charge in [0.25, 0.3) is 0 Å². The molecule has 2 aliphatic rings. The van der Waals surface area contributed by atoms with E-state index in [1.807, 2.05) is 0 Å². The minimum absolute atomic E-state index is 0.281. The molecule has 3 heteroatoms. The van der Waals surface area contributed by atoms with Crippen LogP contribution in [0.2, 0.25) is 0 Å². The van der Waals surface area contributed by atoms with E-state index in [1.54, 1.807) is 0 Å². The van der Waals surface area contributed by atoms with Gasteiger partial charge in [-0.15, -0.1) is 0 Å². The maximum atomic E-state index is 6.37. The molecule has 0 radical (unpaired) electrons. The molecule has 2 fully saturated rings. The summed E-state index contributed by atoms with van der Waals surface area (Å²) in [6.45, 7) is 2.12. The number of rotatable bonds is 4. The molecule has 22 heavy (non-hydrogen) atoms. The highest BCUT2D eigenvalue weighted by Crippen LogP contribution is 2.27. The quantitative estimate of drug-likeness (QED) is 0.894. The van der Waals surface area contributed by atoms with Crippen molar-refractivity contribution in [3.63, 3.8) is 0 Å². The first-order valence-corrected chi connectivity index (χ1v) is 8.98. The first-order chi connectivity index (χ1) is 10.7. The number of benzene rings is 1. The van der Waals surface area contributed by atoms with Gasteiger partial charge in [0.2, 0.25) is 0 Å². The van der Waals surface area contributed by atoms with E-state index in [2.05, 4.69) is 36.5 Å². The monoisotopic (exact) mass is 302 g/mol. The Bertz CT molecular complexity index is 476. The highest BCUT2D eigenvalue weighted by atomic mass is 16.5. The second-order valence-electron chi connectivity index (χ2n) is 7.03. The van der Waals surface area contributed by atoms with Crippen LogP contribution in [0, 0.1) is 6.92 Å². The maximum Gasteiger partial charge on any atom is 0.122 e. The van der Waals surface area contributed by atoms with E-state index in [1.165, 1.54) is 44.1 Å². The van der Waals surface area contributed by atoms with Crippen molar-refractivity contribution in [2.75, 3.05) is 0 Å². The van der Waals surface area contributed by atoms with E-state index in [0.717, 1.165) is 18.6 Å². The Morgan fingerprint density at radius 2 is 1.64 bits per heavy atom. The molecule has 0 heterocycles. The summed E-state index contributed by atoms with van der Waals surface area (Å²) in [5, 5.41) is 3.85. The fourth-order valence-electron chi connectivity index (χ4n) is 3.92. The van der Waals surface area contributed by atoms with Gasteiger partial charge in [-0.2, -0.15) is 0 Å². The summed E-state index contributed by atoms with van der Waals surface area (Å²) in [6.07, 6.45) is 10.2. The molecule has 122 valence electrons. The third-order valence-electron chi connectivity index (χ3n) is 5.32. The summed E-state index contributed by atoms with van der Waals surface area (Å²) in [7, 11) is 0. The summed E-state index contributed by atoms with van der Waals surface area (Å²) >= 11 is 0. The van der Waals surface area contributed by atoms with Crippen LogP contribution in [0.3, 0.4) is 0 Å². The molecule has 3 N–H and O–H groups in total. The van der Waals surface area contributed by atoms with Crippen LogP contribution in [0.5, 0.6) is 5.75 Å². The summed E-state index contributed by atoms with van der Waals surface area (Å²) in [4.78, 5) is 0. The number of para-hydroxylation sites is 1. The Kier molecular flexibility index (Phi) is 5.37. The van der Waals surface area contributed by atoms with Crippen molar-refractivity contribution in [3.05, 3.63) is 29.8 Å². The fourth-order valence-corrected chi connectivity index (χ4v) is 3.92. The zero-order valence-corrected chi connectivity index (χ0v) is 13.8. The normalized spacial score (nSPS) is 32.6. The molecule has 0 amide bonds. The van der Waals surface area contributed by atoms with Gasteiger partial charge in [0.05, 0.1) is 0 Å². The lowest BCUT2D eigenvalue weighted by Crippen LogP contribution is -2.55. The number of hydrogen-bond acceptors (Lipinski definition) is 3. The largest absolute Gasteiger partial charge is 0.489 e. The van der Waals surface area contributed by atoms with Gasteiger partial charge in [-0.1, -0.05) is 37.5 Å². The van der Waals surface area contributed by atoms with Gasteiger partial charge >= 0.3 is 0 Å². The first-order valence-electron chi connectivity index (χ1n) is 8.98. The lowest BCUT2D eigenvalue weighted by Gasteiger charge is -2.38. The summed E-state index contributed by atoms with van der Waals surface area (Å²) in [5.41, 5.74) is 7.54. The molecule has 0 spiro atoms. The standard InChI is InChI=1S/C19H30N2O/c1-14-8-2-6-12-18(14)22-19-13-7-5-11-17(19)21-16-10-4-3-9-15(16)20/h2,6,8,12,15-17,19,21H,3-5,7,9-11,13,20H2,1H3/t15-,16+,17+,19+/m0/s1. The molecule has 0 bridgehead atoms. The minimum atomic E-state index is 0.281. The third kappa shape index (κ3) is 3.82. The molecular weight excluding hydrogens is 272 g/mol. The number of nitrogens with two attached hydrogens (primary N) is 1.